The Kier molecular flexibility index (Phi) is 8.00. The van der Waals surface area contributed by atoms with Crippen LogP contribution in [0.5, 0.6) is 0 Å². The molecule has 29 heavy (non-hydrogen) atoms. The van der Waals surface area contributed by atoms with Crippen LogP contribution >= 0.6 is 23.4 Å². The smallest absolute Gasteiger partial charge is 0.261 e. The number of fused-ring (bicyclic) bond motifs is 1. The highest BCUT2D eigenvalue weighted by atomic mass is 35.5. The number of amides is 2. The summed E-state index contributed by atoms with van der Waals surface area (Å²) in [5.74, 6) is -0.294. The zero-order valence-corrected chi connectivity index (χ0v) is 18.3. The van der Waals surface area contributed by atoms with Gasteiger partial charge in [0.05, 0.1) is 11.4 Å². The normalized spacial score (nSPS) is 23.4. The quantitative estimate of drug-likeness (QED) is 0.522. The molecule has 6 nitrogen and oxygen atoms in total. The van der Waals surface area contributed by atoms with Crippen LogP contribution in [0, 0.1) is 0 Å². The van der Waals surface area contributed by atoms with Crippen molar-refractivity contribution in [3.05, 3.63) is 39.8 Å². The van der Waals surface area contributed by atoms with Gasteiger partial charge in [-0.15, -0.1) is 11.8 Å². The van der Waals surface area contributed by atoms with Crippen LogP contribution in [-0.2, 0) is 19.1 Å². The van der Waals surface area contributed by atoms with Gasteiger partial charge in [0, 0.05) is 30.5 Å². The molecule has 1 heterocycles. The van der Waals surface area contributed by atoms with Gasteiger partial charge in [-0.2, -0.15) is 0 Å². The summed E-state index contributed by atoms with van der Waals surface area (Å²) in [4.78, 5) is 28.2. The second kappa shape index (κ2) is 10.5. The van der Waals surface area contributed by atoms with E-state index in [9.17, 15) is 9.59 Å². The van der Waals surface area contributed by atoms with Crippen LogP contribution in [0.1, 0.15) is 31.2 Å². The molecule has 1 aliphatic carbocycles. The third-order valence-corrected chi connectivity index (χ3v) is 6.94. The Morgan fingerprint density at radius 1 is 1.28 bits per heavy atom. The first-order valence-electron chi connectivity index (χ1n) is 9.79. The highest BCUT2D eigenvalue weighted by Crippen LogP contribution is 2.42. The summed E-state index contributed by atoms with van der Waals surface area (Å²) in [6.07, 6.45) is 5.61. The average molecular weight is 439 g/mol. The first kappa shape index (κ1) is 22.2. The molecule has 8 heteroatoms. The predicted molar refractivity (Wildman–Crippen MR) is 116 cm³/mol. The van der Waals surface area contributed by atoms with Gasteiger partial charge in [-0.05, 0) is 36.6 Å². The van der Waals surface area contributed by atoms with Crippen LogP contribution in [0.3, 0.4) is 0 Å². The Morgan fingerprint density at radius 3 is 2.66 bits per heavy atom. The molecule has 0 radical (unpaired) electrons. The Hall–Kier alpha value is -1.54. The standard InChI is InChI=1S/C21H27ClN2O4S/c1-27-20(28-2)12-23-19(25)13-24-16-5-3-4-6-17(16)29-18(21(24)26)11-14-7-9-15(22)10-8-14/h7-11,16-17,20H,3-6,12-13H2,1-2H3,(H,23,25)/b18-11+. The monoisotopic (exact) mass is 438 g/mol. The fraction of sp³-hybridized carbons (Fsp3) is 0.524. The second-order valence-electron chi connectivity index (χ2n) is 7.21. The number of halogens is 1. The van der Waals surface area contributed by atoms with Crippen molar-refractivity contribution in [2.75, 3.05) is 27.3 Å². The fourth-order valence-electron chi connectivity index (χ4n) is 3.74. The number of carbonyl (C=O) groups is 2. The van der Waals surface area contributed by atoms with Crippen molar-refractivity contribution >= 4 is 41.3 Å². The number of nitrogens with one attached hydrogen (secondary N) is 1. The van der Waals surface area contributed by atoms with Gasteiger partial charge in [0.15, 0.2) is 6.29 Å². The van der Waals surface area contributed by atoms with Gasteiger partial charge in [-0.1, -0.05) is 36.6 Å². The van der Waals surface area contributed by atoms with Crippen LogP contribution < -0.4 is 5.32 Å². The van der Waals surface area contributed by atoms with E-state index in [1.54, 1.807) is 16.7 Å². The van der Waals surface area contributed by atoms with Crippen molar-refractivity contribution in [2.45, 2.75) is 43.3 Å². The first-order valence-corrected chi connectivity index (χ1v) is 11.0. The number of hydrogen-bond acceptors (Lipinski definition) is 5. The van der Waals surface area contributed by atoms with E-state index in [-0.39, 0.29) is 30.9 Å². The van der Waals surface area contributed by atoms with Gasteiger partial charge < -0.3 is 19.7 Å². The number of hydrogen-bond donors (Lipinski definition) is 1. The van der Waals surface area contributed by atoms with Crippen LogP contribution in [0.2, 0.25) is 5.02 Å². The fourth-order valence-corrected chi connectivity index (χ4v) is 5.34. The molecule has 2 aliphatic rings. The minimum Gasteiger partial charge on any atom is -0.354 e. The summed E-state index contributed by atoms with van der Waals surface area (Å²) >= 11 is 7.61. The molecule has 2 amide bonds. The molecule has 1 aliphatic heterocycles. The number of methoxy groups -OCH3 is 2. The van der Waals surface area contributed by atoms with Crippen molar-refractivity contribution in [1.82, 2.24) is 10.2 Å². The van der Waals surface area contributed by atoms with Crippen LogP contribution in [-0.4, -0.2) is 61.6 Å². The van der Waals surface area contributed by atoms with Gasteiger partial charge in [0.25, 0.3) is 5.91 Å². The lowest BCUT2D eigenvalue weighted by Crippen LogP contribution is -2.54. The van der Waals surface area contributed by atoms with Crippen molar-refractivity contribution < 1.29 is 19.1 Å². The Labute approximate surface area is 180 Å². The molecule has 1 aromatic rings. The molecule has 0 aromatic heterocycles. The van der Waals surface area contributed by atoms with Crippen LogP contribution in [0.25, 0.3) is 6.08 Å². The maximum Gasteiger partial charge on any atom is 0.261 e. The molecule has 2 atom stereocenters. The summed E-state index contributed by atoms with van der Waals surface area (Å²) in [6, 6.07) is 7.49. The largest absolute Gasteiger partial charge is 0.354 e. The lowest BCUT2D eigenvalue weighted by Gasteiger charge is -2.43. The van der Waals surface area contributed by atoms with E-state index >= 15 is 0 Å². The molecule has 3 rings (SSSR count). The Bertz CT molecular complexity index is 752. The third kappa shape index (κ3) is 5.75. The third-order valence-electron chi connectivity index (χ3n) is 5.29. The molecule has 1 saturated heterocycles. The molecule has 2 unspecified atom stereocenters. The average Bonchev–Trinajstić information content (AvgIpc) is 2.73. The molecular formula is C21H27ClN2O4S. The topological polar surface area (TPSA) is 67.9 Å². The van der Waals surface area contributed by atoms with Crippen molar-refractivity contribution in [2.24, 2.45) is 0 Å². The van der Waals surface area contributed by atoms with Gasteiger partial charge >= 0.3 is 0 Å². The predicted octanol–water partition coefficient (Wildman–Crippen LogP) is 3.30. The lowest BCUT2D eigenvalue weighted by molar-refractivity contribution is -0.137. The first-order chi connectivity index (χ1) is 14.0. The van der Waals surface area contributed by atoms with Gasteiger partial charge in [-0.3, -0.25) is 9.59 Å². The summed E-state index contributed by atoms with van der Waals surface area (Å²) in [5.41, 5.74) is 0.923. The van der Waals surface area contributed by atoms with Gasteiger partial charge in [0.2, 0.25) is 5.91 Å². The van der Waals surface area contributed by atoms with E-state index in [0.717, 1.165) is 31.2 Å². The number of carbonyl (C=O) groups excluding carboxylic acids is 2. The van der Waals surface area contributed by atoms with E-state index in [0.29, 0.717) is 15.2 Å². The highest BCUT2D eigenvalue weighted by Gasteiger charge is 2.41. The van der Waals surface area contributed by atoms with Gasteiger partial charge in [0.1, 0.15) is 6.54 Å². The minimum absolute atomic E-state index is 0.0403. The Balaban J connectivity index is 1.75. The molecule has 1 N–H and O–H groups in total. The SMILES string of the molecule is COC(CNC(=O)CN1C(=O)/C(=C\c2ccc(Cl)cc2)SC2CCCCC21)OC. The maximum absolute atomic E-state index is 13.2. The Morgan fingerprint density at radius 2 is 1.97 bits per heavy atom. The van der Waals surface area contributed by atoms with E-state index in [1.165, 1.54) is 14.2 Å². The molecule has 1 saturated carbocycles. The van der Waals surface area contributed by atoms with Crippen LogP contribution in [0.15, 0.2) is 29.2 Å². The van der Waals surface area contributed by atoms with Crippen molar-refractivity contribution in [3.63, 3.8) is 0 Å². The van der Waals surface area contributed by atoms with Gasteiger partial charge in [-0.25, -0.2) is 0 Å². The minimum atomic E-state index is -0.505. The summed E-state index contributed by atoms with van der Waals surface area (Å²) in [6.45, 7) is 0.281. The number of nitrogens with zero attached hydrogens (tertiary/aromatic N) is 1. The number of benzene rings is 1. The summed E-state index contributed by atoms with van der Waals surface area (Å²) < 4.78 is 10.2. The highest BCUT2D eigenvalue weighted by molar-refractivity contribution is 8.04. The van der Waals surface area contributed by atoms with Crippen molar-refractivity contribution in [3.8, 4) is 0 Å². The zero-order chi connectivity index (χ0) is 20.8. The molecule has 158 valence electrons. The van der Waals surface area contributed by atoms with Crippen LogP contribution in [0.4, 0.5) is 0 Å². The van der Waals surface area contributed by atoms with Crippen molar-refractivity contribution in [1.29, 1.82) is 0 Å². The molecule has 0 spiro atoms. The van der Waals surface area contributed by atoms with E-state index in [4.69, 9.17) is 21.1 Å². The summed E-state index contributed by atoms with van der Waals surface area (Å²) in [5, 5.41) is 3.77. The van der Waals surface area contributed by atoms with E-state index in [1.807, 2.05) is 30.3 Å². The molecular weight excluding hydrogens is 412 g/mol. The second-order valence-corrected chi connectivity index (χ2v) is 8.92. The molecule has 1 aromatic carbocycles. The van der Waals surface area contributed by atoms with E-state index in [2.05, 4.69) is 5.32 Å². The number of thioether (sulfide) groups is 1. The van der Waals surface area contributed by atoms with E-state index < -0.39 is 6.29 Å². The number of rotatable bonds is 7. The zero-order valence-electron chi connectivity index (χ0n) is 16.7. The maximum atomic E-state index is 13.2. The molecule has 0 bridgehead atoms. The number of ether oxygens (including phenoxy) is 2. The summed E-state index contributed by atoms with van der Waals surface area (Å²) in [7, 11) is 3.04. The molecule has 2 fully saturated rings. The lowest BCUT2D eigenvalue weighted by atomic mass is 9.93.